The molecule has 6 heteroatoms. The topological polar surface area (TPSA) is 71.1 Å². The summed E-state index contributed by atoms with van der Waals surface area (Å²) >= 11 is 1.55. The molecule has 0 fully saturated rings. The zero-order valence-electron chi connectivity index (χ0n) is 15.5. The number of fused-ring (bicyclic) bond motifs is 1. The minimum Gasteiger partial charge on any atom is -0.340 e. The third-order valence-electron chi connectivity index (χ3n) is 4.70. The van der Waals surface area contributed by atoms with Gasteiger partial charge in [-0.25, -0.2) is 4.98 Å². The van der Waals surface area contributed by atoms with Crippen molar-refractivity contribution in [3.05, 3.63) is 46.0 Å². The Bertz CT molecular complexity index is 790. The van der Waals surface area contributed by atoms with Gasteiger partial charge in [0, 0.05) is 10.4 Å². The van der Waals surface area contributed by atoms with Crippen LogP contribution in [0.15, 0.2) is 24.3 Å². The van der Waals surface area contributed by atoms with Crippen molar-refractivity contribution in [1.29, 1.82) is 0 Å². The van der Waals surface area contributed by atoms with Crippen molar-refractivity contribution < 1.29 is 9.59 Å². The number of anilines is 1. The molecule has 0 spiro atoms. The molecular formula is C20H25N3O2S. The van der Waals surface area contributed by atoms with Crippen LogP contribution in [0.3, 0.4) is 0 Å². The summed E-state index contributed by atoms with van der Waals surface area (Å²) in [4.78, 5) is 31.2. The first-order valence-corrected chi connectivity index (χ1v) is 9.93. The Morgan fingerprint density at radius 2 is 1.88 bits per heavy atom. The number of amides is 2. The highest BCUT2D eigenvalue weighted by atomic mass is 32.1. The van der Waals surface area contributed by atoms with E-state index in [1.54, 1.807) is 17.4 Å². The van der Waals surface area contributed by atoms with Gasteiger partial charge in [-0.05, 0) is 50.2 Å². The van der Waals surface area contributed by atoms with E-state index < -0.39 is 6.04 Å². The van der Waals surface area contributed by atoms with Gasteiger partial charge in [0.1, 0.15) is 6.04 Å². The predicted octanol–water partition coefficient (Wildman–Crippen LogP) is 3.72. The zero-order chi connectivity index (χ0) is 18.7. The van der Waals surface area contributed by atoms with E-state index >= 15 is 0 Å². The lowest BCUT2D eigenvalue weighted by molar-refractivity contribution is -0.118. The molecule has 0 saturated carbocycles. The Hall–Kier alpha value is -2.21. The summed E-state index contributed by atoms with van der Waals surface area (Å²) in [5.41, 5.74) is 2.60. The second kappa shape index (κ2) is 7.99. The molecule has 2 aromatic rings. The average molecular weight is 372 g/mol. The molecule has 1 aromatic heterocycles. The number of nitrogens with zero attached hydrogens (tertiary/aromatic N) is 1. The maximum absolute atomic E-state index is 12.8. The highest BCUT2D eigenvalue weighted by molar-refractivity contribution is 7.15. The van der Waals surface area contributed by atoms with E-state index in [0.717, 1.165) is 30.5 Å². The van der Waals surface area contributed by atoms with Crippen LogP contribution >= 0.6 is 11.3 Å². The predicted molar refractivity (Wildman–Crippen MR) is 105 cm³/mol. The van der Waals surface area contributed by atoms with Gasteiger partial charge in [0.25, 0.3) is 5.91 Å². The van der Waals surface area contributed by atoms with Gasteiger partial charge in [0.05, 0.1) is 5.69 Å². The van der Waals surface area contributed by atoms with Gasteiger partial charge in [0.2, 0.25) is 5.91 Å². The first-order chi connectivity index (χ1) is 12.5. The summed E-state index contributed by atoms with van der Waals surface area (Å²) in [6.07, 6.45) is 4.37. The molecule has 1 aliphatic rings. The maximum Gasteiger partial charge on any atom is 0.252 e. The van der Waals surface area contributed by atoms with Crippen molar-refractivity contribution in [2.45, 2.75) is 52.5 Å². The van der Waals surface area contributed by atoms with E-state index in [1.165, 1.54) is 11.3 Å². The fourth-order valence-corrected chi connectivity index (χ4v) is 4.22. The number of nitrogens with one attached hydrogen (secondary N) is 2. The number of aromatic nitrogens is 1. The van der Waals surface area contributed by atoms with E-state index in [2.05, 4.69) is 15.6 Å². The van der Waals surface area contributed by atoms with Gasteiger partial charge in [-0.2, -0.15) is 0 Å². The summed E-state index contributed by atoms with van der Waals surface area (Å²) in [7, 11) is 0. The zero-order valence-corrected chi connectivity index (χ0v) is 16.3. The highest BCUT2D eigenvalue weighted by Crippen LogP contribution is 2.29. The molecule has 2 amide bonds. The summed E-state index contributed by atoms with van der Waals surface area (Å²) in [6.45, 7) is 5.74. The van der Waals surface area contributed by atoms with Crippen molar-refractivity contribution in [3.8, 4) is 0 Å². The molecule has 1 atom stereocenters. The molecule has 0 bridgehead atoms. The van der Waals surface area contributed by atoms with Crippen LogP contribution in [-0.2, 0) is 17.6 Å². The number of hydrogen-bond acceptors (Lipinski definition) is 4. The van der Waals surface area contributed by atoms with E-state index in [0.29, 0.717) is 10.7 Å². The van der Waals surface area contributed by atoms with E-state index in [1.807, 2.05) is 39.0 Å². The van der Waals surface area contributed by atoms with Gasteiger partial charge in [0.15, 0.2) is 5.13 Å². The number of benzene rings is 1. The van der Waals surface area contributed by atoms with Gasteiger partial charge in [-0.15, -0.1) is 11.3 Å². The fraction of sp³-hybridized carbons (Fsp3) is 0.450. The van der Waals surface area contributed by atoms with Crippen LogP contribution in [0, 0.1) is 12.8 Å². The molecule has 0 radical (unpaired) electrons. The number of hydrogen-bond donors (Lipinski definition) is 2. The first kappa shape index (κ1) is 18.6. The quantitative estimate of drug-likeness (QED) is 0.841. The van der Waals surface area contributed by atoms with E-state index in [-0.39, 0.29) is 17.7 Å². The minimum atomic E-state index is -0.608. The van der Waals surface area contributed by atoms with E-state index in [4.69, 9.17) is 0 Å². The van der Waals surface area contributed by atoms with Crippen molar-refractivity contribution >= 4 is 28.3 Å². The van der Waals surface area contributed by atoms with Crippen LogP contribution in [0.5, 0.6) is 0 Å². The number of thiazole rings is 1. The Morgan fingerprint density at radius 3 is 2.58 bits per heavy atom. The summed E-state index contributed by atoms with van der Waals surface area (Å²) in [5, 5.41) is 6.42. The third-order valence-corrected chi connectivity index (χ3v) is 5.77. The average Bonchev–Trinajstić information content (AvgIpc) is 3.01. The molecule has 5 nitrogen and oxygen atoms in total. The first-order valence-electron chi connectivity index (χ1n) is 9.11. The Balaban J connectivity index is 1.71. The fourth-order valence-electron chi connectivity index (χ4n) is 3.17. The Labute approximate surface area is 158 Å². The second-order valence-electron chi connectivity index (χ2n) is 7.10. The lowest BCUT2D eigenvalue weighted by Crippen LogP contribution is -2.47. The van der Waals surface area contributed by atoms with E-state index in [9.17, 15) is 9.59 Å². The molecule has 3 rings (SSSR count). The van der Waals surface area contributed by atoms with Gasteiger partial charge in [-0.3, -0.25) is 9.59 Å². The van der Waals surface area contributed by atoms with Gasteiger partial charge in [-0.1, -0.05) is 32.0 Å². The second-order valence-corrected chi connectivity index (χ2v) is 8.18. The number of rotatable bonds is 5. The van der Waals surface area contributed by atoms with Crippen molar-refractivity contribution in [1.82, 2.24) is 10.3 Å². The molecule has 1 aromatic carbocycles. The number of carbonyl (C=O) groups is 2. The van der Waals surface area contributed by atoms with Crippen LogP contribution in [0.4, 0.5) is 5.13 Å². The normalized spacial score (nSPS) is 14.6. The molecule has 138 valence electrons. The SMILES string of the molecule is Cc1ccccc1C(=O)N[C@H](C(=O)Nc1nc2c(s1)CCCC2)C(C)C. The van der Waals surface area contributed by atoms with Crippen molar-refractivity contribution in [2.24, 2.45) is 5.92 Å². The van der Waals surface area contributed by atoms with Crippen LogP contribution < -0.4 is 10.6 Å². The Kier molecular flexibility index (Phi) is 5.71. The van der Waals surface area contributed by atoms with Gasteiger partial charge < -0.3 is 10.6 Å². The molecule has 1 heterocycles. The largest absolute Gasteiger partial charge is 0.340 e. The van der Waals surface area contributed by atoms with Crippen molar-refractivity contribution in [2.75, 3.05) is 5.32 Å². The number of carbonyl (C=O) groups excluding carboxylic acids is 2. The summed E-state index contributed by atoms with van der Waals surface area (Å²) < 4.78 is 0. The molecule has 1 aliphatic carbocycles. The van der Waals surface area contributed by atoms with Crippen LogP contribution in [0.1, 0.15) is 53.2 Å². The lowest BCUT2D eigenvalue weighted by atomic mass is 10.0. The standard InChI is InChI=1S/C20H25N3O2S/c1-12(2)17(22-18(24)14-9-5-4-8-13(14)3)19(25)23-20-21-15-10-6-7-11-16(15)26-20/h4-5,8-9,12,17H,6-7,10-11H2,1-3H3,(H,22,24)(H,21,23,25)/t17-/m0/s1. The minimum absolute atomic E-state index is 0.0300. The maximum atomic E-state index is 12.8. The molecule has 0 aliphatic heterocycles. The summed E-state index contributed by atoms with van der Waals surface area (Å²) in [6, 6.07) is 6.77. The number of aryl methyl sites for hydroxylation is 3. The molecule has 26 heavy (non-hydrogen) atoms. The smallest absolute Gasteiger partial charge is 0.252 e. The Morgan fingerprint density at radius 1 is 1.15 bits per heavy atom. The molecule has 2 N–H and O–H groups in total. The summed E-state index contributed by atoms with van der Waals surface area (Å²) in [5.74, 6) is -0.471. The van der Waals surface area contributed by atoms with Crippen LogP contribution in [0.25, 0.3) is 0 Å². The lowest BCUT2D eigenvalue weighted by Gasteiger charge is -2.21. The van der Waals surface area contributed by atoms with Crippen LogP contribution in [-0.4, -0.2) is 22.8 Å². The van der Waals surface area contributed by atoms with Crippen LogP contribution in [0.2, 0.25) is 0 Å². The van der Waals surface area contributed by atoms with Crippen molar-refractivity contribution in [3.63, 3.8) is 0 Å². The monoisotopic (exact) mass is 371 g/mol. The molecular weight excluding hydrogens is 346 g/mol. The third kappa shape index (κ3) is 4.12. The molecule has 0 saturated heterocycles. The van der Waals surface area contributed by atoms with Gasteiger partial charge >= 0.3 is 0 Å². The highest BCUT2D eigenvalue weighted by Gasteiger charge is 2.26. The molecule has 0 unspecified atom stereocenters.